The van der Waals surface area contributed by atoms with Crippen molar-refractivity contribution in [3.8, 4) is 0 Å². The number of carbonyl (C=O) groups excluding carboxylic acids is 4. The van der Waals surface area contributed by atoms with Crippen molar-refractivity contribution in [1.29, 1.82) is 0 Å². The Morgan fingerprint density at radius 1 is 1.00 bits per heavy atom. The summed E-state index contributed by atoms with van der Waals surface area (Å²) in [5, 5.41) is 15.2. The fraction of sp³-hybridized carbons (Fsp3) is 0.323. The van der Waals surface area contributed by atoms with E-state index >= 15 is 0 Å². The molecule has 0 radical (unpaired) electrons. The minimum absolute atomic E-state index is 0.0145. The molecular formula is C31H29F4N3O6S. The molecule has 3 aromatic rings. The fourth-order valence-electron chi connectivity index (χ4n) is 5.16. The van der Waals surface area contributed by atoms with Crippen molar-refractivity contribution in [3.05, 3.63) is 93.2 Å². The highest BCUT2D eigenvalue weighted by atomic mass is 32.1. The molecule has 0 saturated carbocycles. The summed E-state index contributed by atoms with van der Waals surface area (Å²) < 4.78 is 55.4. The molecule has 14 heteroatoms. The standard InChI is InChI=1S/C31H29F4N3O6S/c32-22-11-18(31(43)44)12-23(33)21(22)8-9-36-28(40)24(15-27(34)35)37-29(41)25-13-19(17-5-2-1-3-6-17)16-38(25)30(42)26(39)14-20-7-4-10-45-20/h1-7,10-12,19,24-25,27H,8-9,13-16H2,(H,36,40)(H,37,41)(H,43,44)/t19-,24+,25+/m1/s1. The molecular weight excluding hydrogens is 618 g/mol. The summed E-state index contributed by atoms with van der Waals surface area (Å²) in [6, 6.07) is 10.6. The molecule has 1 aromatic heterocycles. The summed E-state index contributed by atoms with van der Waals surface area (Å²) in [5.74, 6) is -7.83. The van der Waals surface area contributed by atoms with E-state index in [2.05, 4.69) is 10.6 Å². The van der Waals surface area contributed by atoms with Crippen LogP contribution in [0.5, 0.6) is 0 Å². The SMILES string of the molecule is O=C(Cc1cccs1)C(=O)N1C[C@H](c2ccccc2)C[C@H]1C(=O)N[C@@H](CC(F)F)C(=O)NCCc1c(F)cc(C(=O)O)cc1F. The number of aromatic carboxylic acids is 1. The lowest BCUT2D eigenvalue weighted by Gasteiger charge is -2.26. The summed E-state index contributed by atoms with van der Waals surface area (Å²) in [7, 11) is 0. The molecule has 1 saturated heterocycles. The Labute approximate surface area is 259 Å². The number of halogens is 4. The molecule has 2 aromatic carbocycles. The van der Waals surface area contributed by atoms with Gasteiger partial charge in [-0.15, -0.1) is 11.3 Å². The van der Waals surface area contributed by atoms with Crippen LogP contribution >= 0.6 is 11.3 Å². The molecule has 4 rings (SSSR count). The maximum atomic E-state index is 14.3. The van der Waals surface area contributed by atoms with E-state index in [9.17, 15) is 41.5 Å². The van der Waals surface area contributed by atoms with Gasteiger partial charge in [0.1, 0.15) is 23.7 Å². The van der Waals surface area contributed by atoms with Gasteiger partial charge in [0.25, 0.3) is 5.91 Å². The fourth-order valence-corrected chi connectivity index (χ4v) is 5.86. The number of carbonyl (C=O) groups is 5. The van der Waals surface area contributed by atoms with Gasteiger partial charge in [0.2, 0.25) is 24.0 Å². The first-order valence-corrected chi connectivity index (χ1v) is 14.8. The van der Waals surface area contributed by atoms with Crippen LogP contribution in [-0.4, -0.2) is 71.1 Å². The van der Waals surface area contributed by atoms with Crippen LogP contribution in [0.1, 0.15) is 45.1 Å². The molecule has 238 valence electrons. The predicted octanol–water partition coefficient (Wildman–Crippen LogP) is 3.72. The normalized spacial score (nSPS) is 16.8. The van der Waals surface area contributed by atoms with Gasteiger partial charge in [-0.25, -0.2) is 22.4 Å². The lowest BCUT2D eigenvalue weighted by Crippen LogP contribution is -2.54. The lowest BCUT2D eigenvalue weighted by molar-refractivity contribution is -0.147. The van der Waals surface area contributed by atoms with Crippen LogP contribution < -0.4 is 10.6 Å². The minimum atomic E-state index is -3.02. The van der Waals surface area contributed by atoms with Gasteiger partial charge in [-0.3, -0.25) is 19.2 Å². The van der Waals surface area contributed by atoms with Crippen LogP contribution in [0.25, 0.3) is 0 Å². The van der Waals surface area contributed by atoms with Gasteiger partial charge < -0.3 is 20.6 Å². The summed E-state index contributed by atoms with van der Waals surface area (Å²) in [6.45, 7) is -0.406. The number of nitrogens with zero attached hydrogens (tertiary/aromatic N) is 1. The van der Waals surface area contributed by atoms with E-state index in [1.807, 2.05) is 0 Å². The topological polar surface area (TPSA) is 133 Å². The Balaban J connectivity index is 1.46. The van der Waals surface area contributed by atoms with E-state index in [1.165, 1.54) is 11.3 Å². The smallest absolute Gasteiger partial charge is 0.335 e. The Bertz CT molecular complexity index is 1530. The zero-order chi connectivity index (χ0) is 32.7. The molecule has 45 heavy (non-hydrogen) atoms. The average Bonchev–Trinajstić information content (AvgIpc) is 3.68. The van der Waals surface area contributed by atoms with Gasteiger partial charge in [0.05, 0.1) is 12.0 Å². The average molecular weight is 648 g/mol. The van der Waals surface area contributed by atoms with Crippen LogP contribution in [0, 0.1) is 11.6 Å². The predicted molar refractivity (Wildman–Crippen MR) is 155 cm³/mol. The first-order chi connectivity index (χ1) is 21.4. The first kappa shape index (κ1) is 33.3. The molecule has 1 aliphatic heterocycles. The van der Waals surface area contributed by atoms with Crippen LogP contribution in [-0.2, 0) is 32.0 Å². The van der Waals surface area contributed by atoms with Crippen molar-refractivity contribution in [3.63, 3.8) is 0 Å². The van der Waals surface area contributed by atoms with Crippen LogP contribution in [0.2, 0.25) is 0 Å². The second kappa shape index (κ2) is 14.9. The molecule has 0 unspecified atom stereocenters. The largest absolute Gasteiger partial charge is 0.478 e. The number of amides is 3. The summed E-state index contributed by atoms with van der Waals surface area (Å²) >= 11 is 1.29. The number of likely N-dealkylation sites (tertiary alicyclic amines) is 1. The van der Waals surface area contributed by atoms with Gasteiger partial charge in [-0.2, -0.15) is 0 Å². The molecule has 0 spiro atoms. The molecule has 9 nitrogen and oxygen atoms in total. The molecule has 3 amide bonds. The van der Waals surface area contributed by atoms with Crippen LogP contribution in [0.3, 0.4) is 0 Å². The van der Waals surface area contributed by atoms with Gasteiger partial charge in [0, 0.05) is 35.9 Å². The van der Waals surface area contributed by atoms with E-state index < -0.39 is 90.1 Å². The molecule has 2 heterocycles. The number of rotatable bonds is 13. The highest BCUT2D eigenvalue weighted by Gasteiger charge is 2.43. The van der Waals surface area contributed by atoms with Crippen molar-refractivity contribution in [2.24, 2.45) is 0 Å². The lowest BCUT2D eigenvalue weighted by atomic mass is 9.96. The van der Waals surface area contributed by atoms with Crippen molar-refractivity contribution in [2.45, 2.75) is 50.1 Å². The molecule has 3 N–H and O–H groups in total. The number of Topliss-reactive ketones (excluding diaryl/α,β-unsaturated/α-hetero) is 1. The van der Waals surface area contributed by atoms with Crippen molar-refractivity contribution in [2.75, 3.05) is 13.1 Å². The second-order valence-electron chi connectivity index (χ2n) is 10.4. The van der Waals surface area contributed by atoms with Crippen molar-refractivity contribution in [1.82, 2.24) is 15.5 Å². The number of alkyl halides is 2. The number of benzene rings is 2. The van der Waals surface area contributed by atoms with Crippen LogP contribution in [0.4, 0.5) is 17.6 Å². The first-order valence-electron chi connectivity index (χ1n) is 13.9. The van der Waals surface area contributed by atoms with Gasteiger partial charge in [-0.05, 0) is 42.0 Å². The third kappa shape index (κ3) is 8.53. The van der Waals surface area contributed by atoms with E-state index in [0.29, 0.717) is 17.0 Å². The second-order valence-corrected chi connectivity index (χ2v) is 11.5. The monoisotopic (exact) mass is 647 g/mol. The number of thiophene rings is 1. The summed E-state index contributed by atoms with van der Waals surface area (Å²) in [4.78, 5) is 65.2. The summed E-state index contributed by atoms with van der Waals surface area (Å²) in [6.07, 6.45) is -4.65. The molecule has 1 aliphatic rings. The van der Waals surface area contributed by atoms with Gasteiger partial charge in [0.15, 0.2) is 0 Å². The van der Waals surface area contributed by atoms with Gasteiger partial charge >= 0.3 is 5.97 Å². The Morgan fingerprint density at radius 3 is 2.29 bits per heavy atom. The highest BCUT2D eigenvalue weighted by Crippen LogP contribution is 2.32. The van der Waals surface area contributed by atoms with Crippen molar-refractivity contribution >= 4 is 40.8 Å². The maximum Gasteiger partial charge on any atom is 0.335 e. The summed E-state index contributed by atoms with van der Waals surface area (Å²) in [5.41, 5.74) is -0.331. The van der Waals surface area contributed by atoms with E-state index in [4.69, 9.17) is 5.11 Å². The number of nitrogens with one attached hydrogen (secondary N) is 2. The third-order valence-corrected chi connectivity index (χ3v) is 8.27. The number of carboxylic acids is 1. The van der Waals surface area contributed by atoms with Gasteiger partial charge in [-0.1, -0.05) is 36.4 Å². The Kier molecular flexibility index (Phi) is 11.0. The van der Waals surface area contributed by atoms with Crippen molar-refractivity contribution < 1.29 is 46.6 Å². The quantitative estimate of drug-likeness (QED) is 0.192. The Morgan fingerprint density at radius 2 is 1.69 bits per heavy atom. The Hall–Kier alpha value is -4.59. The van der Waals surface area contributed by atoms with Crippen LogP contribution in [0.15, 0.2) is 60.0 Å². The zero-order valence-electron chi connectivity index (χ0n) is 23.7. The highest BCUT2D eigenvalue weighted by molar-refractivity contribution is 7.10. The van der Waals surface area contributed by atoms with E-state index in [1.54, 1.807) is 47.8 Å². The molecule has 0 bridgehead atoms. The number of hydrogen-bond donors (Lipinski definition) is 3. The minimum Gasteiger partial charge on any atom is -0.478 e. The maximum absolute atomic E-state index is 14.3. The molecule has 0 aliphatic carbocycles. The number of ketones is 1. The molecule has 1 fully saturated rings. The number of hydrogen-bond acceptors (Lipinski definition) is 6. The van der Waals surface area contributed by atoms with E-state index in [-0.39, 0.29) is 25.3 Å². The molecule has 3 atom stereocenters. The third-order valence-electron chi connectivity index (χ3n) is 7.40. The zero-order valence-corrected chi connectivity index (χ0v) is 24.5. The number of carboxylic acid groups (broad SMARTS) is 1. The van der Waals surface area contributed by atoms with E-state index in [0.717, 1.165) is 10.5 Å².